The summed E-state index contributed by atoms with van der Waals surface area (Å²) in [5.74, 6) is -0.0314. The van der Waals surface area contributed by atoms with Crippen LogP contribution in [-0.4, -0.2) is 28.8 Å². The smallest absolute Gasteiger partial charge is 0.270 e. The van der Waals surface area contributed by atoms with Gasteiger partial charge in [-0.1, -0.05) is 13.0 Å². The van der Waals surface area contributed by atoms with Crippen LogP contribution in [0, 0.1) is 16.0 Å². The Hall–Kier alpha value is -2.44. The Bertz CT molecular complexity index is 624. The quantitative estimate of drug-likeness (QED) is 0.638. The van der Waals surface area contributed by atoms with Gasteiger partial charge in [-0.25, -0.2) is 0 Å². The van der Waals surface area contributed by atoms with Crippen LogP contribution in [0.25, 0.3) is 0 Å². The number of carbonyl (C=O) groups is 2. The van der Waals surface area contributed by atoms with Crippen molar-refractivity contribution in [3.8, 4) is 0 Å². The van der Waals surface area contributed by atoms with E-state index in [2.05, 4.69) is 17.6 Å². The fourth-order valence-corrected chi connectivity index (χ4v) is 2.84. The van der Waals surface area contributed by atoms with Crippen LogP contribution in [0.5, 0.6) is 0 Å². The van der Waals surface area contributed by atoms with E-state index in [1.54, 1.807) is 6.92 Å². The Morgan fingerprint density at radius 3 is 2.54 bits per heavy atom. The number of amides is 2. The van der Waals surface area contributed by atoms with Crippen molar-refractivity contribution < 1.29 is 14.5 Å². The van der Waals surface area contributed by atoms with Crippen molar-refractivity contribution in [1.29, 1.82) is 0 Å². The lowest BCUT2D eigenvalue weighted by atomic mass is 9.87. The van der Waals surface area contributed by atoms with Gasteiger partial charge in [-0.2, -0.15) is 0 Å². The third-order valence-corrected chi connectivity index (χ3v) is 4.42. The zero-order valence-electron chi connectivity index (χ0n) is 14.0. The first-order chi connectivity index (χ1) is 11.4. The summed E-state index contributed by atoms with van der Waals surface area (Å²) in [5.41, 5.74) is 0.00595. The van der Waals surface area contributed by atoms with Crippen molar-refractivity contribution in [2.75, 3.05) is 0 Å². The molecule has 2 amide bonds. The second-order valence-corrected chi connectivity index (χ2v) is 6.47. The highest BCUT2D eigenvalue weighted by atomic mass is 16.6. The molecule has 1 aromatic carbocycles. The molecule has 130 valence electrons. The molecule has 1 atom stereocenters. The Morgan fingerprint density at radius 2 is 1.92 bits per heavy atom. The van der Waals surface area contributed by atoms with Gasteiger partial charge in [0.2, 0.25) is 5.91 Å². The van der Waals surface area contributed by atoms with Crippen molar-refractivity contribution in [2.45, 2.75) is 51.6 Å². The number of rotatable bonds is 5. The van der Waals surface area contributed by atoms with Gasteiger partial charge in [-0.15, -0.1) is 0 Å². The lowest BCUT2D eigenvalue weighted by Crippen LogP contribution is -2.48. The van der Waals surface area contributed by atoms with Crippen LogP contribution in [0.1, 0.15) is 49.9 Å². The maximum absolute atomic E-state index is 12.2. The van der Waals surface area contributed by atoms with E-state index in [-0.39, 0.29) is 23.2 Å². The number of benzene rings is 1. The van der Waals surface area contributed by atoms with E-state index in [4.69, 9.17) is 0 Å². The molecule has 1 unspecified atom stereocenters. The second kappa shape index (κ2) is 7.90. The van der Waals surface area contributed by atoms with Gasteiger partial charge in [0.25, 0.3) is 11.6 Å². The van der Waals surface area contributed by atoms with Crippen molar-refractivity contribution in [3.63, 3.8) is 0 Å². The molecule has 1 aliphatic carbocycles. The van der Waals surface area contributed by atoms with Crippen LogP contribution in [0.2, 0.25) is 0 Å². The molecule has 0 saturated heterocycles. The molecule has 7 nitrogen and oxygen atoms in total. The highest BCUT2D eigenvalue weighted by Gasteiger charge is 2.23. The van der Waals surface area contributed by atoms with Gasteiger partial charge in [0.1, 0.15) is 6.04 Å². The maximum atomic E-state index is 12.2. The maximum Gasteiger partial charge on any atom is 0.270 e. The third kappa shape index (κ3) is 4.78. The molecule has 24 heavy (non-hydrogen) atoms. The molecule has 1 aromatic rings. The monoisotopic (exact) mass is 333 g/mol. The van der Waals surface area contributed by atoms with Crippen molar-refractivity contribution in [2.24, 2.45) is 5.92 Å². The second-order valence-electron chi connectivity index (χ2n) is 6.47. The molecule has 0 bridgehead atoms. The minimum atomic E-state index is -0.698. The fraction of sp³-hybridized carbons (Fsp3) is 0.529. The molecule has 2 rings (SSSR count). The van der Waals surface area contributed by atoms with Gasteiger partial charge in [-0.05, 0) is 44.6 Å². The summed E-state index contributed by atoms with van der Waals surface area (Å²) in [6.45, 7) is 3.82. The summed E-state index contributed by atoms with van der Waals surface area (Å²) < 4.78 is 0. The molecule has 0 heterocycles. The average molecular weight is 333 g/mol. The van der Waals surface area contributed by atoms with Gasteiger partial charge in [0.05, 0.1) is 4.92 Å². The van der Waals surface area contributed by atoms with Crippen LogP contribution >= 0.6 is 0 Å². The van der Waals surface area contributed by atoms with E-state index >= 15 is 0 Å². The van der Waals surface area contributed by atoms with Gasteiger partial charge < -0.3 is 10.6 Å². The topological polar surface area (TPSA) is 101 Å². The normalized spacial score (nSPS) is 21.6. The largest absolute Gasteiger partial charge is 0.352 e. The van der Waals surface area contributed by atoms with E-state index in [1.165, 1.54) is 24.3 Å². The van der Waals surface area contributed by atoms with Crippen LogP contribution in [0.4, 0.5) is 5.69 Å². The number of hydrogen-bond donors (Lipinski definition) is 2. The van der Waals surface area contributed by atoms with E-state index in [1.807, 2.05) is 0 Å². The molecular formula is C17H23N3O4. The molecule has 1 aliphatic rings. The lowest BCUT2D eigenvalue weighted by molar-refractivity contribution is -0.384. The van der Waals surface area contributed by atoms with E-state index in [9.17, 15) is 19.7 Å². The van der Waals surface area contributed by atoms with Crippen molar-refractivity contribution in [1.82, 2.24) is 10.6 Å². The average Bonchev–Trinajstić information content (AvgIpc) is 2.56. The van der Waals surface area contributed by atoms with Crippen molar-refractivity contribution in [3.05, 3.63) is 39.9 Å². The van der Waals surface area contributed by atoms with Gasteiger partial charge in [-0.3, -0.25) is 19.7 Å². The molecule has 7 heteroatoms. The first kappa shape index (κ1) is 17.9. The molecule has 1 fully saturated rings. The Morgan fingerprint density at radius 1 is 1.25 bits per heavy atom. The highest BCUT2D eigenvalue weighted by Crippen LogP contribution is 2.23. The summed E-state index contributed by atoms with van der Waals surface area (Å²) in [5, 5.41) is 16.3. The van der Waals surface area contributed by atoms with Gasteiger partial charge >= 0.3 is 0 Å². The lowest BCUT2D eigenvalue weighted by Gasteiger charge is -2.28. The van der Waals surface area contributed by atoms with E-state index in [0.29, 0.717) is 5.92 Å². The molecule has 0 aliphatic heterocycles. The minimum absolute atomic E-state index is 0.156. The summed E-state index contributed by atoms with van der Waals surface area (Å²) in [6, 6.07) is 4.90. The number of nitro groups is 1. The van der Waals surface area contributed by atoms with E-state index < -0.39 is 16.9 Å². The summed E-state index contributed by atoms with van der Waals surface area (Å²) in [4.78, 5) is 34.6. The molecule has 0 aromatic heterocycles. The predicted octanol–water partition coefficient (Wildman–Crippen LogP) is 2.41. The number of nitrogens with one attached hydrogen (secondary N) is 2. The molecule has 2 N–H and O–H groups in total. The minimum Gasteiger partial charge on any atom is -0.352 e. The Balaban J connectivity index is 1.89. The molecule has 0 spiro atoms. The first-order valence-corrected chi connectivity index (χ1v) is 8.22. The predicted molar refractivity (Wildman–Crippen MR) is 89.6 cm³/mol. The Labute approximate surface area is 141 Å². The highest BCUT2D eigenvalue weighted by molar-refractivity contribution is 5.97. The van der Waals surface area contributed by atoms with Gasteiger partial charge in [0, 0.05) is 23.7 Å². The summed E-state index contributed by atoms with van der Waals surface area (Å²) in [7, 11) is 0. The third-order valence-electron chi connectivity index (χ3n) is 4.42. The van der Waals surface area contributed by atoms with Gasteiger partial charge in [0.15, 0.2) is 0 Å². The van der Waals surface area contributed by atoms with Crippen LogP contribution < -0.4 is 10.6 Å². The van der Waals surface area contributed by atoms with Crippen molar-refractivity contribution >= 4 is 17.5 Å². The summed E-state index contributed by atoms with van der Waals surface area (Å²) in [6.07, 6.45) is 4.11. The molecular weight excluding hydrogens is 310 g/mol. The van der Waals surface area contributed by atoms with Crippen LogP contribution in [0.15, 0.2) is 24.3 Å². The number of hydrogen-bond acceptors (Lipinski definition) is 4. The standard InChI is InChI=1S/C17H23N3O4/c1-11-6-8-14(9-7-11)19-16(21)12(2)18-17(22)13-4-3-5-15(10-13)20(23)24/h3-5,10-12,14H,6-9H2,1-2H3,(H,18,22)(H,19,21). The summed E-state index contributed by atoms with van der Waals surface area (Å²) >= 11 is 0. The number of carbonyl (C=O) groups excluding carboxylic acids is 2. The number of nitrogens with zero attached hydrogens (tertiary/aromatic N) is 1. The zero-order valence-corrected chi connectivity index (χ0v) is 14.0. The first-order valence-electron chi connectivity index (χ1n) is 8.22. The van der Waals surface area contributed by atoms with Crippen LogP contribution in [-0.2, 0) is 4.79 Å². The fourth-order valence-electron chi connectivity index (χ4n) is 2.84. The number of non-ortho nitro benzene ring substituents is 1. The Kier molecular flexibility index (Phi) is 5.89. The number of nitro benzene ring substituents is 1. The molecule has 1 saturated carbocycles. The zero-order chi connectivity index (χ0) is 17.7. The molecule has 0 radical (unpaired) electrons. The van der Waals surface area contributed by atoms with Crippen LogP contribution in [0.3, 0.4) is 0 Å². The van der Waals surface area contributed by atoms with E-state index in [0.717, 1.165) is 25.7 Å². The SMILES string of the molecule is CC1CCC(NC(=O)C(C)NC(=O)c2cccc([N+](=O)[O-])c2)CC1.